The zero-order valence-electron chi connectivity index (χ0n) is 14.1. The summed E-state index contributed by atoms with van der Waals surface area (Å²) in [5, 5.41) is 5.31. The Morgan fingerprint density at radius 3 is 2.38 bits per heavy atom. The average molecular weight is 308 g/mol. The Morgan fingerprint density at radius 1 is 1.14 bits per heavy atom. The summed E-state index contributed by atoms with van der Waals surface area (Å²) in [6, 6.07) is 0. The van der Waals surface area contributed by atoms with E-state index in [0.29, 0.717) is 0 Å². The number of thioether (sulfide) groups is 1. The molecule has 0 spiro atoms. The second-order valence-corrected chi connectivity index (χ2v) is 8.27. The zero-order valence-corrected chi connectivity index (χ0v) is 14.9. The van der Waals surface area contributed by atoms with Crippen LogP contribution in [-0.2, 0) is 5.41 Å². The highest BCUT2D eigenvalue weighted by Gasteiger charge is 2.23. The Morgan fingerprint density at radius 2 is 1.81 bits per heavy atom. The van der Waals surface area contributed by atoms with Crippen LogP contribution >= 0.6 is 11.8 Å². The van der Waals surface area contributed by atoms with Crippen LogP contribution in [0.15, 0.2) is 5.03 Å². The zero-order chi connectivity index (χ0) is 15.5. The molecule has 1 heterocycles. The van der Waals surface area contributed by atoms with E-state index >= 15 is 0 Å². The highest BCUT2D eigenvalue weighted by atomic mass is 32.2. The minimum Gasteiger partial charge on any atom is -0.370 e. The smallest absolute Gasteiger partial charge is 0.137 e. The number of nitrogens with one attached hydrogen (secondary N) is 1. The minimum absolute atomic E-state index is 0.0141. The van der Waals surface area contributed by atoms with E-state index in [-0.39, 0.29) is 5.41 Å². The molecule has 0 atom stereocenters. The van der Waals surface area contributed by atoms with Crippen molar-refractivity contribution in [2.24, 2.45) is 0 Å². The van der Waals surface area contributed by atoms with Crippen LogP contribution in [0.1, 0.15) is 71.2 Å². The minimum atomic E-state index is -0.0141. The molecule has 0 saturated heterocycles. The van der Waals surface area contributed by atoms with Crippen LogP contribution < -0.4 is 5.32 Å². The van der Waals surface area contributed by atoms with Crippen molar-refractivity contribution in [1.29, 1.82) is 0 Å². The van der Waals surface area contributed by atoms with Gasteiger partial charge >= 0.3 is 0 Å². The average Bonchev–Trinajstić information content (AvgIpc) is 2.43. The van der Waals surface area contributed by atoms with E-state index in [1.54, 1.807) is 0 Å². The predicted octanol–water partition coefficient (Wildman–Crippen LogP) is 4.94. The summed E-state index contributed by atoms with van der Waals surface area (Å²) >= 11 is 1.97. The van der Waals surface area contributed by atoms with E-state index in [9.17, 15) is 0 Å². The Kier molecular flexibility index (Phi) is 5.53. The lowest BCUT2D eigenvalue weighted by Gasteiger charge is -2.24. The molecule has 0 bridgehead atoms. The van der Waals surface area contributed by atoms with Crippen molar-refractivity contribution in [3.05, 3.63) is 11.4 Å². The summed E-state index contributed by atoms with van der Waals surface area (Å²) in [6.45, 7) is 11.7. The Hall–Kier alpha value is -0.770. The summed E-state index contributed by atoms with van der Waals surface area (Å²) in [4.78, 5) is 9.64. The molecule has 118 valence electrons. The Balaban J connectivity index is 2.30. The molecule has 0 unspecified atom stereocenters. The summed E-state index contributed by atoms with van der Waals surface area (Å²) < 4.78 is 0. The molecule has 21 heavy (non-hydrogen) atoms. The summed E-state index contributed by atoms with van der Waals surface area (Å²) in [7, 11) is 0. The second-order valence-electron chi connectivity index (χ2n) is 6.98. The maximum Gasteiger partial charge on any atom is 0.137 e. The van der Waals surface area contributed by atoms with Gasteiger partial charge in [-0.25, -0.2) is 9.97 Å². The lowest BCUT2D eigenvalue weighted by Crippen LogP contribution is -2.19. The van der Waals surface area contributed by atoms with E-state index in [1.807, 2.05) is 11.8 Å². The van der Waals surface area contributed by atoms with Crippen LogP contribution in [0.25, 0.3) is 0 Å². The Bertz CT molecular complexity index is 474. The molecule has 3 nitrogen and oxygen atoms in total. The predicted molar refractivity (Wildman–Crippen MR) is 92.4 cm³/mol. The van der Waals surface area contributed by atoms with Crippen molar-refractivity contribution in [3.63, 3.8) is 0 Å². The number of hydrogen-bond donors (Lipinski definition) is 1. The van der Waals surface area contributed by atoms with Gasteiger partial charge in [-0.2, -0.15) is 0 Å². The van der Waals surface area contributed by atoms with Crippen LogP contribution in [0, 0.1) is 6.92 Å². The molecule has 0 amide bonds. The SMILES string of the molecule is CCNc1nc(C(C)(C)C)nc(SC2CCCCC2)c1C. The molecule has 1 fully saturated rings. The molecular weight excluding hydrogens is 278 g/mol. The first-order valence-electron chi connectivity index (χ1n) is 8.21. The molecule has 1 aliphatic rings. The van der Waals surface area contributed by atoms with Crippen molar-refractivity contribution < 1.29 is 0 Å². The van der Waals surface area contributed by atoms with E-state index < -0.39 is 0 Å². The monoisotopic (exact) mass is 307 g/mol. The van der Waals surface area contributed by atoms with Crippen molar-refractivity contribution in [2.45, 2.75) is 82.4 Å². The summed E-state index contributed by atoms with van der Waals surface area (Å²) in [5.74, 6) is 1.96. The third-order valence-electron chi connectivity index (χ3n) is 3.95. The van der Waals surface area contributed by atoms with Gasteiger partial charge in [0.05, 0.1) is 0 Å². The topological polar surface area (TPSA) is 37.8 Å². The van der Waals surface area contributed by atoms with Gasteiger partial charge in [-0.3, -0.25) is 0 Å². The van der Waals surface area contributed by atoms with Crippen molar-refractivity contribution >= 4 is 17.6 Å². The molecule has 1 aromatic heterocycles. The first-order chi connectivity index (χ1) is 9.91. The van der Waals surface area contributed by atoms with Crippen molar-refractivity contribution in [1.82, 2.24) is 9.97 Å². The van der Waals surface area contributed by atoms with Crippen molar-refractivity contribution in [3.8, 4) is 0 Å². The van der Waals surface area contributed by atoms with Crippen LogP contribution in [0.3, 0.4) is 0 Å². The molecular formula is C17H29N3S. The molecule has 0 aliphatic heterocycles. The van der Waals surface area contributed by atoms with Crippen molar-refractivity contribution in [2.75, 3.05) is 11.9 Å². The largest absolute Gasteiger partial charge is 0.370 e. The molecule has 1 aliphatic carbocycles. The van der Waals surface area contributed by atoms with Crippen LogP contribution in [0.4, 0.5) is 5.82 Å². The molecule has 0 radical (unpaired) electrons. The standard InChI is InChI=1S/C17H29N3S/c1-6-18-14-12(2)15(20-16(19-14)17(3,4)5)21-13-10-8-7-9-11-13/h13H,6-11H2,1-5H3,(H,18,19,20). The molecule has 4 heteroatoms. The highest BCUT2D eigenvalue weighted by molar-refractivity contribution is 7.99. The van der Waals surface area contributed by atoms with Crippen LogP contribution in [0.2, 0.25) is 0 Å². The molecule has 2 rings (SSSR count). The van der Waals surface area contributed by atoms with E-state index in [2.05, 4.69) is 39.9 Å². The normalized spacial score (nSPS) is 17.0. The molecule has 0 aromatic carbocycles. The fourth-order valence-corrected chi connectivity index (χ4v) is 3.92. The quantitative estimate of drug-likeness (QED) is 0.800. The van der Waals surface area contributed by atoms with Crippen LogP contribution in [0.5, 0.6) is 0 Å². The summed E-state index contributed by atoms with van der Waals surface area (Å²) in [5.41, 5.74) is 1.19. The Labute approximate surface area is 133 Å². The first-order valence-corrected chi connectivity index (χ1v) is 9.09. The first kappa shape index (κ1) is 16.6. The van der Waals surface area contributed by atoms with Gasteiger partial charge in [0, 0.05) is 22.8 Å². The fourth-order valence-electron chi connectivity index (χ4n) is 2.63. The van der Waals surface area contributed by atoms with Gasteiger partial charge in [-0.1, -0.05) is 40.0 Å². The lowest BCUT2D eigenvalue weighted by atomic mass is 9.95. The van der Waals surface area contributed by atoms with E-state index in [4.69, 9.17) is 9.97 Å². The summed E-state index contributed by atoms with van der Waals surface area (Å²) in [6.07, 6.45) is 6.79. The van der Waals surface area contributed by atoms with Gasteiger partial charge in [0.2, 0.25) is 0 Å². The van der Waals surface area contributed by atoms with E-state index in [1.165, 1.54) is 42.7 Å². The van der Waals surface area contributed by atoms with Gasteiger partial charge in [0.1, 0.15) is 16.7 Å². The molecule has 1 N–H and O–H groups in total. The number of anilines is 1. The maximum absolute atomic E-state index is 4.89. The lowest BCUT2D eigenvalue weighted by molar-refractivity contribution is 0.514. The highest BCUT2D eigenvalue weighted by Crippen LogP contribution is 2.36. The fraction of sp³-hybridized carbons (Fsp3) is 0.765. The van der Waals surface area contributed by atoms with E-state index in [0.717, 1.165) is 23.4 Å². The molecule has 1 saturated carbocycles. The second kappa shape index (κ2) is 6.99. The molecule has 1 aromatic rings. The number of hydrogen-bond acceptors (Lipinski definition) is 4. The van der Waals surface area contributed by atoms with Gasteiger partial charge in [0.25, 0.3) is 0 Å². The van der Waals surface area contributed by atoms with Gasteiger partial charge < -0.3 is 5.32 Å². The van der Waals surface area contributed by atoms with Crippen LogP contribution in [-0.4, -0.2) is 21.8 Å². The third kappa shape index (κ3) is 4.35. The number of aromatic nitrogens is 2. The number of nitrogens with zero attached hydrogens (tertiary/aromatic N) is 2. The van der Waals surface area contributed by atoms with Gasteiger partial charge in [-0.05, 0) is 26.7 Å². The number of rotatable bonds is 4. The third-order valence-corrected chi connectivity index (χ3v) is 5.37. The maximum atomic E-state index is 4.89. The van der Waals surface area contributed by atoms with Gasteiger partial charge in [-0.15, -0.1) is 11.8 Å². The van der Waals surface area contributed by atoms with Gasteiger partial charge in [0.15, 0.2) is 0 Å².